The Morgan fingerprint density at radius 2 is 2.29 bits per heavy atom. The van der Waals surface area contributed by atoms with Gasteiger partial charge < -0.3 is 5.32 Å². The molecule has 2 aliphatic carbocycles. The van der Waals surface area contributed by atoms with Crippen LogP contribution in [-0.4, -0.2) is 12.1 Å². The Balaban J connectivity index is 1.95. The highest BCUT2D eigenvalue weighted by Gasteiger charge is 2.41. The Labute approximate surface area is 83.6 Å². The zero-order valence-corrected chi connectivity index (χ0v) is 7.85. The highest BCUT2D eigenvalue weighted by atomic mass is 15.0. The number of fused-ring (bicyclic) bond motifs is 3. The topological polar surface area (TPSA) is 35.8 Å². The van der Waals surface area contributed by atoms with Gasteiger partial charge in [0.25, 0.3) is 0 Å². The number of nitriles is 1. The van der Waals surface area contributed by atoms with Crippen LogP contribution in [0.5, 0.6) is 0 Å². The van der Waals surface area contributed by atoms with Crippen LogP contribution in [0.2, 0.25) is 0 Å². The average molecular weight is 184 g/mol. The SMILES string of the molecule is N#CC1=CC2C(C=C1)NC1CC=CC12. The lowest BCUT2D eigenvalue weighted by molar-refractivity contribution is 0.514. The summed E-state index contributed by atoms with van der Waals surface area (Å²) >= 11 is 0. The van der Waals surface area contributed by atoms with E-state index in [1.807, 2.05) is 6.08 Å². The number of nitrogens with one attached hydrogen (secondary N) is 1. The lowest BCUT2D eigenvalue weighted by Gasteiger charge is -2.19. The third-order valence-electron chi connectivity index (χ3n) is 3.46. The predicted molar refractivity (Wildman–Crippen MR) is 54.3 cm³/mol. The molecule has 1 heterocycles. The molecule has 0 radical (unpaired) electrons. The van der Waals surface area contributed by atoms with E-state index >= 15 is 0 Å². The summed E-state index contributed by atoms with van der Waals surface area (Å²) in [5.74, 6) is 1.10. The lowest BCUT2D eigenvalue weighted by Crippen LogP contribution is -2.29. The molecule has 0 aromatic carbocycles. The summed E-state index contributed by atoms with van der Waals surface area (Å²) in [6.07, 6.45) is 11.9. The van der Waals surface area contributed by atoms with Crippen LogP contribution in [0.4, 0.5) is 0 Å². The van der Waals surface area contributed by atoms with Gasteiger partial charge in [0.05, 0.1) is 6.07 Å². The van der Waals surface area contributed by atoms with Crippen molar-refractivity contribution in [1.29, 1.82) is 5.26 Å². The molecule has 1 N–H and O–H groups in total. The molecule has 1 aliphatic heterocycles. The third-order valence-corrected chi connectivity index (χ3v) is 3.46. The highest BCUT2D eigenvalue weighted by Crippen LogP contribution is 2.38. The van der Waals surface area contributed by atoms with Gasteiger partial charge in [-0.1, -0.05) is 24.3 Å². The zero-order valence-electron chi connectivity index (χ0n) is 7.85. The molecular formula is C12H12N2. The van der Waals surface area contributed by atoms with E-state index in [2.05, 4.69) is 35.7 Å². The van der Waals surface area contributed by atoms with Crippen LogP contribution in [0.3, 0.4) is 0 Å². The Morgan fingerprint density at radius 3 is 3.14 bits per heavy atom. The second kappa shape index (κ2) is 2.83. The lowest BCUT2D eigenvalue weighted by atomic mass is 9.84. The summed E-state index contributed by atoms with van der Waals surface area (Å²) in [5, 5.41) is 12.4. The van der Waals surface area contributed by atoms with Gasteiger partial charge in [0, 0.05) is 29.5 Å². The number of allylic oxidation sites excluding steroid dienone is 2. The summed E-state index contributed by atoms with van der Waals surface area (Å²) in [6, 6.07) is 3.27. The largest absolute Gasteiger partial charge is 0.306 e. The summed E-state index contributed by atoms with van der Waals surface area (Å²) in [5.41, 5.74) is 0.814. The van der Waals surface area contributed by atoms with Gasteiger partial charge in [-0.2, -0.15) is 5.26 Å². The second-order valence-electron chi connectivity index (χ2n) is 4.21. The van der Waals surface area contributed by atoms with Crippen LogP contribution in [0, 0.1) is 23.2 Å². The molecule has 1 saturated heterocycles. The van der Waals surface area contributed by atoms with Crippen molar-refractivity contribution in [2.45, 2.75) is 18.5 Å². The van der Waals surface area contributed by atoms with Crippen molar-refractivity contribution < 1.29 is 0 Å². The molecule has 4 unspecified atom stereocenters. The van der Waals surface area contributed by atoms with E-state index in [1.54, 1.807) is 0 Å². The molecule has 2 nitrogen and oxygen atoms in total. The van der Waals surface area contributed by atoms with Gasteiger partial charge in [-0.3, -0.25) is 0 Å². The van der Waals surface area contributed by atoms with E-state index in [4.69, 9.17) is 5.26 Å². The first-order valence-corrected chi connectivity index (χ1v) is 5.11. The van der Waals surface area contributed by atoms with Gasteiger partial charge >= 0.3 is 0 Å². The molecule has 4 atom stereocenters. The van der Waals surface area contributed by atoms with Crippen molar-refractivity contribution in [3.05, 3.63) is 36.0 Å². The first-order chi connectivity index (χ1) is 6.88. The van der Waals surface area contributed by atoms with Crippen molar-refractivity contribution in [3.8, 4) is 6.07 Å². The maximum atomic E-state index is 8.84. The fourth-order valence-corrected chi connectivity index (χ4v) is 2.79. The second-order valence-corrected chi connectivity index (χ2v) is 4.21. The van der Waals surface area contributed by atoms with E-state index in [0.29, 0.717) is 23.9 Å². The van der Waals surface area contributed by atoms with Crippen LogP contribution >= 0.6 is 0 Å². The number of nitrogens with zero attached hydrogens (tertiary/aromatic N) is 1. The van der Waals surface area contributed by atoms with Crippen LogP contribution < -0.4 is 5.32 Å². The Hall–Kier alpha value is -1.33. The van der Waals surface area contributed by atoms with E-state index in [-0.39, 0.29) is 0 Å². The van der Waals surface area contributed by atoms with Gasteiger partial charge in [-0.15, -0.1) is 0 Å². The summed E-state index contributed by atoms with van der Waals surface area (Å²) < 4.78 is 0. The third kappa shape index (κ3) is 0.995. The van der Waals surface area contributed by atoms with E-state index in [9.17, 15) is 0 Å². The van der Waals surface area contributed by atoms with E-state index in [0.717, 1.165) is 12.0 Å². The van der Waals surface area contributed by atoms with Crippen molar-refractivity contribution in [3.63, 3.8) is 0 Å². The molecule has 14 heavy (non-hydrogen) atoms. The fourth-order valence-electron chi connectivity index (χ4n) is 2.79. The van der Waals surface area contributed by atoms with Gasteiger partial charge in [0.15, 0.2) is 0 Å². The Bertz CT molecular complexity index is 384. The molecular weight excluding hydrogens is 172 g/mol. The molecule has 3 rings (SSSR count). The molecule has 0 aromatic heterocycles. The van der Waals surface area contributed by atoms with Crippen LogP contribution in [0.15, 0.2) is 36.0 Å². The molecule has 1 fully saturated rings. The minimum absolute atomic E-state index is 0.451. The van der Waals surface area contributed by atoms with Crippen LogP contribution in [0.1, 0.15) is 6.42 Å². The van der Waals surface area contributed by atoms with Gasteiger partial charge in [0.2, 0.25) is 0 Å². The van der Waals surface area contributed by atoms with Crippen molar-refractivity contribution in [2.24, 2.45) is 11.8 Å². The van der Waals surface area contributed by atoms with Crippen molar-refractivity contribution in [1.82, 2.24) is 5.32 Å². The Kier molecular flexibility index (Phi) is 1.62. The van der Waals surface area contributed by atoms with E-state index < -0.39 is 0 Å². The first kappa shape index (κ1) is 8.02. The zero-order chi connectivity index (χ0) is 9.54. The van der Waals surface area contributed by atoms with Crippen molar-refractivity contribution in [2.75, 3.05) is 0 Å². The molecule has 0 aromatic rings. The first-order valence-electron chi connectivity index (χ1n) is 5.11. The minimum atomic E-state index is 0.451. The molecule has 70 valence electrons. The maximum absolute atomic E-state index is 8.84. The van der Waals surface area contributed by atoms with Gasteiger partial charge in [-0.25, -0.2) is 0 Å². The normalized spacial score (nSPS) is 42.9. The van der Waals surface area contributed by atoms with Gasteiger partial charge in [-0.05, 0) is 12.5 Å². The summed E-state index contributed by atoms with van der Waals surface area (Å²) in [7, 11) is 0. The minimum Gasteiger partial charge on any atom is -0.306 e. The molecule has 0 bridgehead atoms. The average Bonchev–Trinajstić information content (AvgIpc) is 2.76. The summed E-state index contributed by atoms with van der Waals surface area (Å²) in [4.78, 5) is 0. The predicted octanol–water partition coefficient (Wildman–Crippen LogP) is 1.54. The number of hydrogen-bond donors (Lipinski definition) is 1. The summed E-state index contributed by atoms with van der Waals surface area (Å²) in [6.45, 7) is 0. The fraction of sp³-hybridized carbons (Fsp3) is 0.417. The number of rotatable bonds is 0. The quantitative estimate of drug-likeness (QED) is 0.580. The monoisotopic (exact) mass is 184 g/mol. The highest BCUT2D eigenvalue weighted by molar-refractivity contribution is 5.40. The van der Waals surface area contributed by atoms with E-state index in [1.165, 1.54) is 0 Å². The smallest absolute Gasteiger partial charge is 0.0988 e. The van der Waals surface area contributed by atoms with Gasteiger partial charge in [0.1, 0.15) is 0 Å². The molecule has 2 heteroatoms. The number of hydrogen-bond acceptors (Lipinski definition) is 2. The Morgan fingerprint density at radius 1 is 1.36 bits per heavy atom. The molecule has 3 aliphatic rings. The molecule has 0 spiro atoms. The van der Waals surface area contributed by atoms with Crippen LogP contribution in [0.25, 0.3) is 0 Å². The maximum Gasteiger partial charge on any atom is 0.0988 e. The van der Waals surface area contributed by atoms with Crippen LogP contribution in [-0.2, 0) is 0 Å². The van der Waals surface area contributed by atoms with Crippen molar-refractivity contribution >= 4 is 0 Å². The molecule has 0 saturated carbocycles. The standard InChI is InChI=1S/C12H12N2/c13-7-8-4-5-12-10(6-8)9-2-1-3-11(9)14-12/h1-2,4-6,9-12,14H,3H2. The molecule has 0 amide bonds.